The molecule has 0 aliphatic rings. The molecule has 0 fully saturated rings. The Morgan fingerprint density at radius 1 is 1.24 bits per heavy atom. The lowest BCUT2D eigenvalue weighted by molar-refractivity contribution is 0.299. The quantitative estimate of drug-likeness (QED) is 0.811. The van der Waals surface area contributed by atoms with E-state index in [1.54, 1.807) is 12.1 Å². The number of hydrogen-bond donors (Lipinski definition) is 2. The Kier molecular flexibility index (Phi) is 5.65. The number of phenols is 1. The predicted molar refractivity (Wildman–Crippen MR) is 88.7 cm³/mol. The smallest absolute Gasteiger partial charge is 0.124 e. The van der Waals surface area contributed by atoms with Crippen molar-refractivity contribution in [3.63, 3.8) is 0 Å². The van der Waals surface area contributed by atoms with Crippen molar-refractivity contribution in [1.29, 1.82) is 0 Å². The number of rotatable bonds is 6. The van der Waals surface area contributed by atoms with Crippen molar-refractivity contribution in [3.05, 3.63) is 58.1 Å². The molecule has 2 rings (SSSR count). The highest BCUT2D eigenvalue weighted by Gasteiger charge is 2.11. The van der Waals surface area contributed by atoms with Crippen LogP contribution in [0.25, 0.3) is 0 Å². The van der Waals surface area contributed by atoms with Crippen molar-refractivity contribution in [2.45, 2.75) is 26.5 Å². The molecule has 2 N–H and O–H groups in total. The summed E-state index contributed by atoms with van der Waals surface area (Å²) in [5, 5.41) is 12.9. The second kappa shape index (κ2) is 7.48. The van der Waals surface area contributed by atoms with Gasteiger partial charge in [-0.05, 0) is 49.4 Å². The van der Waals surface area contributed by atoms with Gasteiger partial charge in [0.15, 0.2) is 0 Å². The summed E-state index contributed by atoms with van der Waals surface area (Å²) in [6.45, 7) is 5.54. The highest BCUT2D eigenvalue weighted by Crippen LogP contribution is 2.29. The maximum atomic E-state index is 9.49. The fraction of sp³-hybridized carbons (Fsp3) is 0.294. The van der Waals surface area contributed by atoms with Crippen LogP contribution in [0.1, 0.15) is 31.0 Å². The predicted octanol–water partition coefficient (Wildman–Crippen LogP) is 4.40. The Hall–Kier alpha value is -1.52. The first-order chi connectivity index (χ1) is 10.1. The number of ether oxygens (including phenoxy) is 1. The van der Waals surface area contributed by atoms with Gasteiger partial charge in [0.2, 0.25) is 0 Å². The molecule has 0 radical (unpaired) electrons. The van der Waals surface area contributed by atoms with E-state index in [1.807, 2.05) is 24.3 Å². The van der Waals surface area contributed by atoms with Crippen LogP contribution in [0.3, 0.4) is 0 Å². The molecular formula is C17H20BrNO2. The normalized spacial score (nSPS) is 12.1. The zero-order valence-corrected chi connectivity index (χ0v) is 13.9. The molecule has 0 bridgehead atoms. The first-order valence-corrected chi connectivity index (χ1v) is 7.83. The van der Waals surface area contributed by atoms with Gasteiger partial charge in [0.25, 0.3) is 0 Å². The molecule has 2 aromatic carbocycles. The van der Waals surface area contributed by atoms with Crippen LogP contribution in [0.15, 0.2) is 46.9 Å². The minimum Gasteiger partial charge on any atom is -0.508 e. The van der Waals surface area contributed by atoms with Gasteiger partial charge >= 0.3 is 0 Å². The van der Waals surface area contributed by atoms with E-state index in [0.717, 1.165) is 27.9 Å². The van der Waals surface area contributed by atoms with Gasteiger partial charge in [-0.25, -0.2) is 0 Å². The van der Waals surface area contributed by atoms with Gasteiger partial charge in [-0.15, -0.1) is 0 Å². The Balaban J connectivity index is 2.15. The summed E-state index contributed by atoms with van der Waals surface area (Å²) < 4.78 is 6.96. The molecule has 21 heavy (non-hydrogen) atoms. The van der Waals surface area contributed by atoms with E-state index in [4.69, 9.17) is 4.74 Å². The van der Waals surface area contributed by atoms with Gasteiger partial charge in [0.05, 0.1) is 0 Å². The summed E-state index contributed by atoms with van der Waals surface area (Å²) >= 11 is 3.50. The summed E-state index contributed by atoms with van der Waals surface area (Å²) in [6.07, 6.45) is 0. The molecule has 4 heteroatoms. The van der Waals surface area contributed by atoms with E-state index in [2.05, 4.69) is 41.2 Å². The highest BCUT2D eigenvalue weighted by atomic mass is 79.9. The Morgan fingerprint density at radius 3 is 2.76 bits per heavy atom. The first kappa shape index (κ1) is 15.9. The molecule has 0 amide bonds. The van der Waals surface area contributed by atoms with Gasteiger partial charge in [-0.3, -0.25) is 0 Å². The summed E-state index contributed by atoms with van der Waals surface area (Å²) in [4.78, 5) is 0. The van der Waals surface area contributed by atoms with E-state index in [0.29, 0.717) is 6.61 Å². The number of benzene rings is 2. The molecule has 3 nitrogen and oxygen atoms in total. The third-order valence-corrected chi connectivity index (χ3v) is 3.75. The lowest BCUT2D eigenvalue weighted by Crippen LogP contribution is -2.18. The monoisotopic (exact) mass is 349 g/mol. The largest absolute Gasteiger partial charge is 0.508 e. The Bertz CT molecular complexity index is 601. The second-order valence-electron chi connectivity index (χ2n) is 4.92. The minimum absolute atomic E-state index is 0.215. The SMILES string of the molecule is CCNC(C)c1cc(Br)ccc1OCc1cccc(O)c1. The summed E-state index contributed by atoms with van der Waals surface area (Å²) in [5.41, 5.74) is 2.06. The van der Waals surface area contributed by atoms with Crippen molar-refractivity contribution < 1.29 is 9.84 Å². The Morgan fingerprint density at radius 2 is 2.05 bits per heavy atom. The van der Waals surface area contributed by atoms with E-state index < -0.39 is 0 Å². The molecule has 112 valence electrons. The molecule has 2 aromatic rings. The highest BCUT2D eigenvalue weighted by molar-refractivity contribution is 9.10. The van der Waals surface area contributed by atoms with Crippen LogP contribution < -0.4 is 10.1 Å². The fourth-order valence-corrected chi connectivity index (χ4v) is 2.59. The standard InChI is InChI=1S/C17H20BrNO2/c1-3-19-12(2)16-10-14(18)7-8-17(16)21-11-13-5-4-6-15(20)9-13/h4-10,12,19-20H,3,11H2,1-2H3. The lowest BCUT2D eigenvalue weighted by Gasteiger charge is -2.18. The summed E-state index contributed by atoms with van der Waals surface area (Å²) in [5.74, 6) is 1.11. The van der Waals surface area contributed by atoms with E-state index >= 15 is 0 Å². The van der Waals surface area contributed by atoms with Crippen molar-refractivity contribution in [2.75, 3.05) is 6.54 Å². The van der Waals surface area contributed by atoms with Crippen molar-refractivity contribution in [1.82, 2.24) is 5.32 Å². The van der Waals surface area contributed by atoms with Gasteiger partial charge < -0.3 is 15.2 Å². The van der Waals surface area contributed by atoms with Crippen LogP contribution in [0.5, 0.6) is 11.5 Å². The lowest BCUT2D eigenvalue weighted by atomic mass is 10.1. The number of phenolic OH excluding ortho intramolecular Hbond substituents is 1. The zero-order valence-electron chi connectivity index (χ0n) is 12.3. The first-order valence-electron chi connectivity index (χ1n) is 7.03. The maximum Gasteiger partial charge on any atom is 0.124 e. The molecule has 0 aromatic heterocycles. The Labute approximate surface area is 134 Å². The summed E-state index contributed by atoms with van der Waals surface area (Å²) in [6, 6.07) is 13.4. The molecule has 0 saturated heterocycles. The average Bonchev–Trinajstić information content (AvgIpc) is 2.46. The van der Waals surface area contributed by atoms with Crippen LogP contribution in [0.2, 0.25) is 0 Å². The van der Waals surface area contributed by atoms with Crippen molar-refractivity contribution in [3.8, 4) is 11.5 Å². The van der Waals surface area contributed by atoms with Gasteiger partial charge in [0.1, 0.15) is 18.1 Å². The van der Waals surface area contributed by atoms with Crippen LogP contribution in [-0.2, 0) is 6.61 Å². The molecule has 0 spiro atoms. The molecule has 1 atom stereocenters. The maximum absolute atomic E-state index is 9.49. The van der Waals surface area contributed by atoms with Crippen molar-refractivity contribution >= 4 is 15.9 Å². The van der Waals surface area contributed by atoms with E-state index in [1.165, 1.54) is 0 Å². The van der Waals surface area contributed by atoms with E-state index in [-0.39, 0.29) is 11.8 Å². The fourth-order valence-electron chi connectivity index (χ4n) is 2.21. The van der Waals surface area contributed by atoms with Crippen molar-refractivity contribution in [2.24, 2.45) is 0 Å². The van der Waals surface area contributed by atoms with Crippen LogP contribution in [-0.4, -0.2) is 11.7 Å². The van der Waals surface area contributed by atoms with Crippen LogP contribution in [0.4, 0.5) is 0 Å². The topological polar surface area (TPSA) is 41.5 Å². The third-order valence-electron chi connectivity index (χ3n) is 3.25. The summed E-state index contributed by atoms with van der Waals surface area (Å²) in [7, 11) is 0. The van der Waals surface area contributed by atoms with Crippen LogP contribution >= 0.6 is 15.9 Å². The van der Waals surface area contributed by atoms with Gasteiger partial charge in [-0.2, -0.15) is 0 Å². The van der Waals surface area contributed by atoms with Gasteiger partial charge in [-0.1, -0.05) is 35.0 Å². The number of aromatic hydroxyl groups is 1. The second-order valence-corrected chi connectivity index (χ2v) is 5.84. The molecular weight excluding hydrogens is 330 g/mol. The van der Waals surface area contributed by atoms with Gasteiger partial charge in [0, 0.05) is 16.1 Å². The third kappa shape index (κ3) is 4.48. The van der Waals surface area contributed by atoms with E-state index in [9.17, 15) is 5.11 Å². The minimum atomic E-state index is 0.215. The number of nitrogens with one attached hydrogen (secondary N) is 1. The molecule has 0 heterocycles. The molecule has 1 unspecified atom stereocenters. The average molecular weight is 350 g/mol. The number of halogens is 1. The zero-order chi connectivity index (χ0) is 15.2. The van der Waals surface area contributed by atoms with Crippen LogP contribution in [0, 0.1) is 0 Å². The molecule has 0 saturated carbocycles. The molecule has 0 aliphatic carbocycles. The number of hydrogen-bond acceptors (Lipinski definition) is 3. The molecule has 0 aliphatic heterocycles.